The van der Waals surface area contributed by atoms with Crippen LogP contribution in [0.5, 0.6) is 5.75 Å². The number of nitrogens with two attached hydrogens (primary N) is 1. The molecule has 2 aromatic carbocycles. The van der Waals surface area contributed by atoms with Crippen molar-refractivity contribution in [2.45, 2.75) is 39.3 Å². The molecule has 2 atom stereocenters. The van der Waals surface area contributed by atoms with Crippen LogP contribution in [-0.2, 0) is 0 Å². The van der Waals surface area contributed by atoms with Gasteiger partial charge < -0.3 is 10.5 Å². The predicted octanol–water partition coefficient (Wildman–Crippen LogP) is 4.27. The van der Waals surface area contributed by atoms with E-state index in [-0.39, 0.29) is 18.0 Å². The lowest BCUT2D eigenvalue weighted by molar-refractivity contribution is 0.160. The van der Waals surface area contributed by atoms with Crippen molar-refractivity contribution in [3.63, 3.8) is 0 Å². The lowest BCUT2D eigenvalue weighted by Crippen LogP contribution is -2.25. The first-order valence-corrected chi connectivity index (χ1v) is 7.25. The van der Waals surface area contributed by atoms with Gasteiger partial charge in [0, 0.05) is 18.0 Å². The Labute approximate surface area is 124 Å². The standard InChI is InChI=1S/C18H20FNO/c1-10-6-11(2)18(12(3)7-10)17-9-15(20)14-8-13(19)4-5-16(14)21-17/h4-8,15,17H,9,20H2,1-3H3. The van der Waals surface area contributed by atoms with Gasteiger partial charge in [0.15, 0.2) is 0 Å². The molecular formula is C18H20FNO. The summed E-state index contributed by atoms with van der Waals surface area (Å²) in [5.41, 5.74) is 11.9. The normalized spacial score (nSPS) is 20.8. The van der Waals surface area contributed by atoms with Crippen LogP contribution in [0.3, 0.4) is 0 Å². The molecule has 0 fully saturated rings. The van der Waals surface area contributed by atoms with Crippen molar-refractivity contribution >= 4 is 0 Å². The molecule has 2 unspecified atom stereocenters. The van der Waals surface area contributed by atoms with Gasteiger partial charge >= 0.3 is 0 Å². The maximum atomic E-state index is 13.3. The molecule has 3 heteroatoms. The van der Waals surface area contributed by atoms with Gasteiger partial charge in [0.2, 0.25) is 0 Å². The third-order valence-electron chi connectivity index (χ3n) is 4.17. The minimum atomic E-state index is -0.269. The highest BCUT2D eigenvalue weighted by Gasteiger charge is 2.29. The number of aryl methyl sites for hydroxylation is 3. The first-order chi connectivity index (χ1) is 9.95. The molecule has 2 aromatic rings. The molecule has 1 aliphatic rings. The van der Waals surface area contributed by atoms with Gasteiger partial charge in [0.1, 0.15) is 17.7 Å². The second kappa shape index (κ2) is 5.15. The number of halogens is 1. The van der Waals surface area contributed by atoms with Crippen LogP contribution in [0.15, 0.2) is 30.3 Å². The maximum Gasteiger partial charge on any atom is 0.126 e. The predicted molar refractivity (Wildman–Crippen MR) is 82.0 cm³/mol. The zero-order valence-corrected chi connectivity index (χ0v) is 12.6. The molecule has 1 heterocycles. The molecule has 0 saturated heterocycles. The third-order valence-corrected chi connectivity index (χ3v) is 4.17. The molecule has 2 nitrogen and oxygen atoms in total. The number of benzene rings is 2. The Balaban J connectivity index is 2.02. The summed E-state index contributed by atoms with van der Waals surface area (Å²) >= 11 is 0. The summed E-state index contributed by atoms with van der Waals surface area (Å²) in [6.07, 6.45) is 0.597. The Morgan fingerprint density at radius 2 is 1.76 bits per heavy atom. The lowest BCUT2D eigenvalue weighted by atomic mass is 9.88. The molecule has 0 aliphatic carbocycles. The van der Waals surface area contributed by atoms with E-state index in [1.165, 1.54) is 34.4 Å². The molecule has 0 aromatic heterocycles. The summed E-state index contributed by atoms with van der Waals surface area (Å²) in [4.78, 5) is 0. The van der Waals surface area contributed by atoms with Crippen molar-refractivity contribution in [1.29, 1.82) is 0 Å². The maximum absolute atomic E-state index is 13.3. The van der Waals surface area contributed by atoms with Gasteiger partial charge in [-0.25, -0.2) is 4.39 Å². The molecule has 0 bridgehead atoms. The van der Waals surface area contributed by atoms with Crippen LogP contribution in [0.25, 0.3) is 0 Å². The van der Waals surface area contributed by atoms with Gasteiger partial charge in [0.25, 0.3) is 0 Å². The molecule has 1 aliphatic heterocycles. The minimum absolute atomic E-state index is 0.0708. The lowest BCUT2D eigenvalue weighted by Gasteiger charge is -2.32. The topological polar surface area (TPSA) is 35.2 Å². The third kappa shape index (κ3) is 2.54. The van der Waals surface area contributed by atoms with Crippen LogP contribution in [0.2, 0.25) is 0 Å². The van der Waals surface area contributed by atoms with E-state index in [0.717, 1.165) is 5.56 Å². The van der Waals surface area contributed by atoms with Gasteiger partial charge in [-0.2, -0.15) is 0 Å². The second-order valence-electron chi connectivity index (χ2n) is 5.94. The molecule has 0 amide bonds. The number of fused-ring (bicyclic) bond motifs is 1. The van der Waals surface area contributed by atoms with E-state index in [1.54, 1.807) is 6.07 Å². The summed E-state index contributed by atoms with van der Waals surface area (Å²) in [6, 6.07) is 8.70. The highest BCUT2D eigenvalue weighted by atomic mass is 19.1. The fourth-order valence-corrected chi connectivity index (χ4v) is 3.35. The summed E-state index contributed by atoms with van der Waals surface area (Å²) in [7, 11) is 0. The largest absolute Gasteiger partial charge is 0.485 e. The van der Waals surface area contributed by atoms with Gasteiger partial charge in [-0.15, -0.1) is 0 Å². The number of rotatable bonds is 1. The molecule has 110 valence electrons. The van der Waals surface area contributed by atoms with Crippen molar-refractivity contribution < 1.29 is 9.13 Å². The zero-order chi connectivity index (χ0) is 15.1. The smallest absolute Gasteiger partial charge is 0.126 e. The summed E-state index contributed by atoms with van der Waals surface area (Å²) in [6.45, 7) is 6.30. The van der Waals surface area contributed by atoms with Crippen molar-refractivity contribution in [2.75, 3.05) is 0 Å². The van der Waals surface area contributed by atoms with Crippen LogP contribution < -0.4 is 10.5 Å². The molecule has 0 spiro atoms. The fourth-order valence-electron chi connectivity index (χ4n) is 3.35. The monoisotopic (exact) mass is 285 g/mol. The average Bonchev–Trinajstić information content (AvgIpc) is 2.38. The van der Waals surface area contributed by atoms with Gasteiger partial charge in [-0.05, 0) is 55.7 Å². The number of ether oxygens (including phenoxy) is 1. The van der Waals surface area contributed by atoms with E-state index in [9.17, 15) is 4.39 Å². The van der Waals surface area contributed by atoms with Gasteiger partial charge in [-0.3, -0.25) is 0 Å². The molecule has 21 heavy (non-hydrogen) atoms. The van der Waals surface area contributed by atoms with E-state index < -0.39 is 0 Å². The molecular weight excluding hydrogens is 265 g/mol. The minimum Gasteiger partial charge on any atom is -0.485 e. The summed E-state index contributed by atoms with van der Waals surface area (Å²) in [5, 5.41) is 0. The van der Waals surface area contributed by atoms with Crippen LogP contribution in [0.4, 0.5) is 4.39 Å². The van der Waals surface area contributed by atoms with E-state index >= 15 is 0 Å². The van der Waals surface area contributed by atoms with Crippen molar-refractivity contribution in [3.05, 3.63) is 64.0 Å². The Morgan fingerprint density at radius 1 is 1.10 bits per heavy atom. The first kappa shape index (κ1) is 14.1. The zero-order valence-electron chi connectivity index (χ0n) is 12.6. The van der Waals surface area contributed by atoms with Crippen LogP contribution >= 0.6 is 0 Å². The summed E-state index contributed by atoms with van der Waals surface area (Å²) < 4.78 is 19.4. The molecule has 0 saturated carbocycles. The number of hydrogen-bond donors (Lipinski definition) is 1. The van der Waals surface area contributed by atoms with Crippen molar-refractivity contribution in [3.8, 4) is 5.75 Å². The Hall–Kier alpha value is -1.87. The summed E-state index contributed by atoms with van der Waals surface area (Å²) in [5.74, 6) is 0.425. The van der Waals surface area contributed by atoms with Crippen molar-refractivity contribution in [2.24, 2.45) is 5.73 Å². The first-order valence-electron chi connectivity index (χ1n) is 7.25. The van der Waals surface area contributed by atoms with E-state index in [1.807, 2.05) is 0 Å². The Kier molecular flexibility index (Phi) is 3.46. The van der Waals surface area contributed by atoms with Gasteiger partial charge in [-0.1, -0.05) is 17.7 Å². The van der Waals surface area contributed by atoms with E-state index in [4.69, 9.17) is 10.5 Å². The van der Waals surface area contributed by atoms with E-state index in [0.29, 0.717) is 12.2 Å². The average molecular weight is 285 g/mol. The van der Waals surface area contributed by atoms with Crippen molar-refractivity contribution in [1.82, 2.24) is 0 Å². The quantitative estimate of drug-likeness (QED) is 0.849. The Morgan fingerprint density at radius 3 is 2.43 bits per heavy atom. The Bertz CT molecular complexity index is 673. The fraction of sp³-hybridized carbons (Fsp3) is 0.333. The van der Waals surface area contributed by atoms with Crippen LogP contribution in [0, 0.1) is 26.6 Å². The SMILES string of the molecule is Cc1cc(C)c(C2CC(N)c3cc(F)ccc3O2)c(C)c1. The molecule has 0 radical (unpaired) electrons. The highest BCUT2D eigenvalue weighted by Crippen LogP contribution is 2.41. The van der Waals surface area contributed by atoms with Gasteiger partial charge in [0.05, 0.1) is 0 Å². The van der Waals surface area contributed by atoms with Crippen LogP contribution in [-0.4, -0.2) is 0 Å². The second-order valence-corrected chi connectivity index (χ2v) is 5.94. The molecule has 2 N–H and O–H groups in total. The van der Waals surface area contributed by atoms with E-state index in [2.05, 4.69) is 32.9 Å². The molecule has 3 rings (SSSR count). The van der Waals surface area contributed by atoms with Crippen LogP contribution in [0.1, 0.15) is 46.4 Å². The highest BCUT2D eigenvalue weighted by molar-refractivity contribution is 5.43. The number of hydrogen-bond acceptors (Lipinski definition) is 2.